The first kappa shape index (κ1) is 37.4. The van der Waals surface area contributed by atoms with Crippen LogP contribution in [0.15, 0.2) is 143 Å². The van der Waals surface area contributed by atoms with Gasteiger partial charge in [-0.05, 0) is 108 Å². The quantitative estimate of drug-likeness (QED) is 0.184. The standard InChI is InChI=1S/C38H40ClFN2S.C3H7N/c1-7-27(4)41-23-30(8-2)21-35-24-42(20-19-31-11-13-33(14-12-31)34-15-17-36(39)18-16-34)38(29(6)28(35)5)43-25-32-10-9-26(3)37(40)22-32;1-3-4-2/h8-18,22-24H,4-5,7,19-21,25H2,1-3,6H3;3-4H,1H2,2H3/b30-8-,41-23?;. The van der Waals surface area contributed by atoms with Crippen LogP contribution in [-0.2, 0) is 12.2 Å². The molecule has 0 saturated carbocycles. The molecule has 0 aromatic heterocycles. The Bertz CT molecular complexity index is 1660. The molecule has 4 rings (SSSR count). The number of nitrogens with zero attached hydrogens (tertiary/aromatic N) is 2. The Morgan fingerprint density at radius 1 is 1.02 bits per heavy atom. The van der Waals surface area contributed by atoms with Gasteiger partial charge >= 0.3 is 0 Å². The zero-order valence-corrected chi connectivity index (χ0v) is 29.9. The summed E-state index contributed by atoms with van der Waals surface area (Å²) >= 11 is 7.81. The molecule has 3 nitrogen and oxygen atoms in total. The molecule has 0 amide bonds. The van der Waals surface area contributed by atoms with Gasteiger partial charge in [0.15, 0.2) is 0 Å². The maximum Gasteiger partial charge on any atom is 0.126 e. The molecule has 0 unspecified atom stereocenters. The number of thioether (sulfide) groups is 1. The largest absolute Gasteiger partial charge is 0.394 e. The van der Waals surface area contributed by atoms with Crippen molar-refractivity contribution >= 4 is 29.6 Å². The van der Waals surface area contributed by atoms with E-state index in [0.29, 0.717) is 11.3 Å². The number of hydrogen-bond acceptors (Lipinski definition) is 4. The predicted octanol–water partition coefficient (Wildman–Crippen LogP) is 11.6. The predicted molar refractivity (Wildman–Crippen MR) is 205 cm³/mol. The minimum absolute atomic E-state index is 0.163. The number of rotatable bonds is 13. The van der Waals surface area contributed by atoms with Crippen LogP contribution in [0.3, 0.4) is 0 Å². The molecule has 0 bridgehead atoms. The molecule has 0 aliphatic carbocycles. The lowest BCUT2D eigenvalue weighted by atomic mass is 9.93. The number of nitrogens with one attached hydrogen (secondary N) is 1. The van der Waals surface area contributed by atoms with E-state index < -0.39 is 0 Å². The highest BCUT2D eigenvalue weighted by Gasteiger charge is 2.22. The van der Waals surface area contributed by atoms with E-state index in [4.69, 9.17) is 11.6 Å². The molecule has 0 spiro atoms. The maximum absolute atomic E-state index is 14.3. The second kappa shape index (κ2) is 18.9. The monoisotopic (exact) mass is 667 g/mol. The normalized spacial score (nSPS) is 13.3. The summed E-state index contributed by atoms with van der Waals surface area (Å²) in [5.41, 5.74) is 10.5. The highest BCUT2D eigenvalue weighted by molar-refractivity contribution is 8.02. The molecule has 0 atom stereocenters. The van der Waals surface area contributed by atoms with E-state index in [1.165, 1.54) is 16.7 Å². The van der Waals surface area contributed by atoms with Gasteiger partial charge < -0.3 is 10.2 Å². The van der Waals surface area contributed by atoms with Gasteiger partial charge in [-0.25, -0.2) is 4.39 Å². The van der Waals surface area contributed by atoms with Gasteiger partial charge in [0.1, 0.15) is 5.82 Å². The third kappa shape index (κ3) is 11.3. The van der Waals surface area contributed by atoms with Crippen LogP contribution in [0.2, 0.25) is 5.02 Å². The highest BCUT2D eigenvalue weighted by Crippen LogP contribution is 2.39. The Balaban J connectivity index is 0.00000142. The number of hydrogen-bond donors (Lipinski definition) is 1. The van der Waals surface area contributed by atoms with E-state index in [1.807, 2.05) is 56.6 Å². The molecule has 246 valence electrons. The molecule has 1 aliphatic rings. The van der Waals surface area contributed by atoms with E-state index in [9.17, 15) is 4.39 Å². The van der Waals surface area contributed by atoms with Crippen molar-refractivity contribution in [3.63, 3.8) is 0 Å². The average Bonchev–Trinajstić information content (AvgIpc) is 3.09. The minimum atomic E-state index is -0.163. The minimum Gasteiger partial charge on any atom is -0.394 e. The van der Waals surface area contributed by atoms with Crippen LogP contribution in [-0.4, -0.2) is 24.7 Å². The molecular weight excluding hydrogens is 621 g/mol. The number of halogens is 2. The molecule has 6 heteroatoms. The zero-order valence-electron chi connectivity index (χ0n) is 28.4. The Morgan fingerprint density at radius 2 is 1.64 bits per heavy atom. The summed E-state index contributed by atoms with van der Waals surface area (Å²) in [5, 5.41) is 4.59. The lowest BCUT2D eigenvalue weighted by molar-refractivity contribution is 0.484. The van der Waals surface area contributed by atoms with Gasteiger partial charge in [-0.2, -0.15) is 0 Å². The first-order valence-corrected chi connectivity index (χ1v) is 17.2. The fourth-order valence-electron chi connectivity index (χ4n) is 4.76. The first-order valence-electron chi connectivity index (χ1n) is 15.9. The molecule has 3 aromatic carbocycles. The van der Waals surface area contributed by atoms with Gasteiger partial charge in [0.2, 0.25) is 0 Å². The second-order valence-corrected chi connectivity index (χ2v) is 12.7. The van der Waals surface area contributed by atoms with Crippen LogP contribution in [0.1, 0.15) is 50.3 Å². The zero-order chi connectivity index (χ0) is 34.3. The summed E-state index contributed by atoms with van der Waals surface area (Å²) in [6.07, 6.45) is 10.3. The molecule has 1 N–H and O–H groups in total. The second-order valence-electron chi connectivity index (χ2n) is 11.3. The number of aliphatic imine (C=N–C) groups is 1. The van der Waals surface area contributed by atoms with Crippen LogP contribution in [0, 0.1) is 12.7 Å². The third-order valence-electron chi connectivity index (χ3n) is 7.91. The fraction of sp³-hybridized carbons (Fsp3) is 0.244. The van der Waals surface area contributed by atoms with Crippen molar-refractivity contribution in [2.45, 2.75) is 52.7 Å². The molecule has 47 heavy (non-hydrogen) atoms. The van der Waals surface area contributed by atoms with Crippen LogP contribution < -0.4 is 5.32 Å². The van der Waals surface area contributed by atoms with Gasteiger partial charge in [0.05, 0.1) is 5.03 Å². The molecule has 1 aliphatic heterocycles. The maximum atomic E-state index is 14.3. The van der Waals surface area contributed by atoms with Crippen LogP contribution in [0.5, 0.6) is 0 Å². The van der Waals surface area contributed by atoms with Crippen molar-refractivity contribution in [3.05, 3.63) is 165 Å². The molecular formula is C41H47ClFN3S. The van der Waals surface area contributed by atoms with Crippen LogP contribution in [0.25, 0.3) is 11.1 Å². The smallest absolute Gasteiger partial charge is 0.126 e. The Hall–Kier alpha value is -4.06. The third-order valence-corrected chi connectivity index (χ3v) is 9.45. The molecule has 0 radical (unpaired) electrons. The van der Waals surface area contributed by atoms with Crippen LogP contribution in [0.4, 0.5) is 4.39 Å². The summed E-state index contributed by atoms with van der Waals surface area (Å²) in [4.78, 5) is 6.88. The van der Waals surface area contributed by atoms with Crippen molar-refractivity contribution in [1.29, 1.82) is 0 Å². The highest BCUT2D eigenvalue weighted by atomic mass is 35.5. The van der Waals surface area contributed by atoms with E-state index in [-0.39, 0.29) is 5.82 Å². The topological polar surface area (TPSA) is 27.6 Å². The van der Waals surface area contributed by atoms with Crippen molar-refractivity contribution in [1.82, 2.24) is 10.2 Å². The fourth-order valence-corrected chi connectivity index (χ4v) is 6.02. The van der Waals surface area contributed by atoms with Gasteiger partial charge in [0.25, 0.3) is 0 Å². The molecule has 1 heterocycles. The first-order chi connectivity index (χ1) is 22.6. The summed E-state index contributed by atoms with van der Waals surface area (Å²) in [5.74, 6) is 0.516. The van der Waals surface area contributed by atoms with Crippen LogP contribution >= 0.6 is 23.4 Å². The summed E-state index contributed by atoms with van der Waals surface area (Å²) in [6.45, 7) is 20.7. The number of aryl methyl sites for hydroxylation is 1. The Kier molecular flexibility index (Phi) is 15.1. The average molecular weight is 668 g/mol. The summed E-state index contributed by atoms with van der Waals surface area (Å²) in [7, 11) is 1.81. The Morgan fingerprint density at radius 3 is 2.21 bits per heavy atom. The van der Waals surface area contributed by atoms with Crippen molar-refractivity contribution < 1.29 is 4.39 Å². The van der Waals surface area contributed by atoms with E-state index in [0.717, 1.165) is 69.4 Å². The van der Waals surface area contributed by atoms with E-state index in [1.54, 1.807) is 31.0 Å². The lowest BCUT2D eigenvalue weighted by Crippen LogP contribution is -2.24. The van der Waals surface area contributed by atoms with Gasteiger partial charge in [-0.1, -0.05) is 92.9 Å². The lowest BCUT2D eigenvalue weighted by Gasteiger charge is -2.32. The SMILES string of the molecule is C=C(CC)N=C/C(=C\C)CC1=CN(CCc2ccc(-c3ccc(Cl)cc3)cc2)C(SCc2ccc(C)c(F)c2)=C(C)C1=C.C=CNC. The van der Waals surface area contributed by atoms with Crippen molar-refractivity contribution in [2.24, 2.45) is 4.99 Å². The summed E-state index contributed by atoms with van der Waals surface area (Å²) in [6, 6.07) is 22.2. The van der Waals surface area contributed by atoms with Gasteiger partial charge in [0, 0.05) is 48.9 Å². The van der Waals surface area contributed by atoms with Gasteiger partial charge in [-0.15, -0.1) is 11.8 Å². The van der Waals surface area contributed by atoms with Crippen molar-refractivity contribution in [2.75, 3.05) is 13.6 Å². The molecule has 0 fully saturated rings. The van der Waals surface area contributed by atoms with Crippen molar-refractivity contribution in [3.8, 4) is 11.1 Å². The number of benzene rings is 3. The number of allylic oxidation sites excluding steroid dienone is 6. The summed E-state index contributed by atoms with van der Waals surface area (Å²) < 4.78 is 14.3. The molecule has 3 aromatic rings. The van der Waals surface area contributed by atoms with E-state index >= 15 is 0 Å². The molecule has 0 saturated heterocycles. The Labute approximate surface area is 291 Å². The van der Waals surface area contributed by atoms with E-state index in [2.05, 4.69) is 85.3 Å². The van der Waals surface area contributed by atoms with Gasteiger partial charge in [-0.3, -0.25) is 4.99 Å².